The average molecular weight is 434 g/mol. The molecule has 0 spiro atoms. The van der Waals surface area contributed by atoms with Crippen molar-refractivity contribution in [3.8, 4) is 5.75 Å². The second kappa shape index (κ2) is 6.48. The smallest absolute Gasteiger partial charge is 0.273 e. The molecule has 1 N–H and O–H groups in total. The van der Waals surface area contributed by atoms with Crippen LogP contribution in [0.1, 0.15) is 0 Å². The lowest BCUT2D eigenvalue weighted by Crippen LogP contribution is -2.15. The van der Waals surface area contributed by atoms with Crippen LogP contribution >= 0.6 is 22.6 Å². The van der Waals surface area contributed by atoms with Crippen LogP contribution in [0, 0.1) is 13.7 Å². The highest BCUT2D eigenvalue weighted by molar-refractivity contribution is 14.1. The van der Waals surface area contributed by atoms with Crippen molar-refractivity contribution in [2.75, 3.05) is 11.8 Å². The highest BCUT2D eigenvalue weighted by atomic mass is 127. The molecule has 0 saturated carbocycles. The van der Waals surface area contributed by atoms with Crippen LogP contribution < -0.4 is 9.46 Å². The number of nitrogens with zero attached hydrogens (tertiary/aromatic N) is 1. The van der Waals surface area contributed by atoms with Crippen LogP contribution in [-0.2, 0) is 10.0 Å². The number of nitrogens with one attached hydrogen (secondary N) is 1. The summed E-state index contributed by atoms with van der Waals surface area (Å²) in [6.45, 7) is 0. The van der Waals surface area contributed by atoms with Crippen molar-refractivity contribution >= 4 is 44.0 Å². The Morgan fingerprint density at radius 1 is 1.23 bits per heavy atom. The average Bonchev–Trinajstić information content (AvgIpc) is 2.48. The first-order valence-corrected chi connectivity index (χ1v) is 8.51. The molecule has 0 aliphatic rings. The molecule has 0 aliphatic carbocycles. The number of nitro benzene ring substituents is 1. The number of halogens is 1. The van der Waals surface area contributed by atoms with Crippen molar-refractivity contribution in [3.05, 3.63) is 56.1 Å². The van der Waals surface area contributed by atoms with Gasteiger partial charge in [-0.25, -0.2) is 8.42 Å². The summed E-state index contributed by atoms with van der Waals surface area (Å²) in [5.41, 5.74) is 0.175. The lowest BCUT2D eigenvalue weighted by atomic mass is 10.3. The Kier molecular flexibility index (Phi) is 4.86. The Labute approximate surface area is 140 Å². The minimum atomic E-state index is -3.92. The van der Waals surface area contributed by atoms with E-state index in [4.69, 9.17) is 4.74 Å². The summed E-state index contributed by atoms with van der Waals surface area (Å²) in [5.74, 6) is -0.0901. The van der Waals surface area contributed by atoms with Gasteiger partial charge in [-0.1, -0.05) is 12.1 Å². The van der Waals surface area contributed by atoms with Crippen molar-refractivity contribution in [2.45, 2.75) is 4.90 Å². The number of anilines is 1. The molecule has 0 radical (unpaired) electrons. The van der Waals surface area contributed by atoms with Crippen molar-refractivity contribution in [1.82, 2.24) is 0 Å². The fourth-order valence-electron chi connectivity index (χ4n) is 1.74. The number of nitro groups is 1. The van der Waals surface area contributed by atoms with Crippen LogP contribution in [-0.4, -0.2) is 20.5 Å². The number of benzene rings is 2. The van der Waals surface area contributed by atoms with E-state index < -0.39 is 14.9 Å². The Morgan fingerprint density at radius 3 is 2.50 bits per heavy atom. The predicted octanol–water partition coefficient (Wildman–Crippen LogP) is 3.01. The Bertz CT molecular complexity index is 823. The molecule has 2 rings (SSSR count). The third-order valence-corrected chi connectivity index (χ3v) is 5.11. The van der Waals surface area contributed by atoms with Gasteiger partial charge in [0.2, 0.25) is 0 Å². The monoisotopic (exact) mass is 434 g/mol. The van der Waals surface area contributed by atoms with Crippen molar-refractivity contribution in [3.63, 3.8) is 0 Å². The lowest BCUT2D eigenvalue weighted by molar-refractivity contribution is -0.385. The number of ether oxygens (including phenoxy) is 1. The van der Waals surface area contributed by atoms with E-state index in [1.54, 1.807) is 24.3 Å². The van der Waals surface area contributed by atoms with Gasteiger partial charge in [0.1, 0.15) is 10.6 Å². The number of non-ortho nitro benzene ring substituents is 1. The molecule has 0 unspecified atom stereocenters. The van der Waals surface area contributed by atoms with Crippen LogP contribution in [0.2, 0.25) is 0 Å². The van der Waals surface area contributed by atoms with E-state index in [-0.39, 0.29) is 16.3 Å². The summed E-state index contributed by atoms with van der Waals surface area (Å²) in [7, 11) is -2.67. The standard InChI is InChI=1S/C13H11IN2O5S/c1-21-12-8-9(16(17)18)6-7-13(12)22(19,20)15-11-5-3-2-4-10(11)14/h2-8,15H,1H3. The molecule has 0 aliphatic heterocycles. The highest BCUT2D eigenvalue weighted by Crippen LogP contribution is 2.30. The predicted molar refractivity (Wildman–Crippen MR) is 89.6 cm³/mol. The zero-order valence-corrected chi connectivity index (χ0v) is 14.3. The number of sulfonamides is 1. The van der Waals surface area contributed by atoms with Crippen LogP contribution in [0.3, 0.4) is 0 Å². The minimum Gasteiger partial charge on any atom is -0.495 e. The van der Waals surface area contributed by atoms with Gasteiger partial charge in [0, 0.05) is 9.64 Å². The molecule has 116 valence electrons. The molecule has 22 heavy (non-hydrogen) atoms. The molecule has 7 nitrogen and oxygen atoms in total. The maximum atomic E-state index is 12.5. The Balaban J connectivity index is 2.45. The molecule has 0 atom stereocenters. The fourth-order valence-corrected chi connectivity index (χ4v) is 3.67. The van der Waals surface area contributed by atoms with Gasteiger partial charge in [0.05, 0.1) is 23.8 Å². The largest absolute Gasteiger partial charge is 0.495 e. The molecule has 0 fully saturated rings. The number of hydrogen-bond donors (Lipinski definition) is 1. The normalized spacial score (nSPS) is 11.0. The maximum Gasteiger partial charge on any atom is 0.273 e. The number of rotatable bonds is 5. The Morgan fingerprint density at radius 2 is 1.91 bits per heavy atom. The summed E-state index contributed by atoms with van der Waals surface area (Å²) >= 11 is 2.00. The summed E-state index contributed by atoms with van der Waals surface area (Å²) < 4.78 is 33.0. The summed E-state index contributed by atoms with van der Waals surface area (Å²) in [4.78, 5) is 9.96. The molecular formula is C13H11IN2O5S. The molecule has 0 saturated heterocycles. The topological polar surface area (TPSA) is 98.5 Å². The van der Waals surface area contributed by atoms with Crippen molar-refractivity contribution in [2.24, 2.45) is 0 Å². The van der Waals surface area contributed by atoms with Gasteiger partial charge in [-0.3, -0.25) is 14.8 Å². The van der Waals surface area contributed by atoms with Gasteiger partial charge < -0.3 is 4.74 Å². The van der Waals surface area contributed by atoms with Crippen LogP contribution in [0.25, 0.3) is 0 Å². The minimum absolute atomic E-state index is 0.0901. The van der Waals surface area contributed by atoms with E-state index in [1.165, 1.54) is 7.11 Å². The summed E-state index contributed by atoms with van der Waals surface area (Å²) in [6, 6.07) is 10.2. The first-order chi connectivity index (χ1) is 10.3. The van der Waals surface area contributed by atoms with Gasteiger partial charge in [0.25, 0.3) is 15.7 Å². The molecule has 0 aromatic heterocycles. The zero-order valence-electron chi connectivity index (χ0n) is 11.3. The number of methoxy groups -OCH3 is 1. The quantitative estimate of drug-likeness (QED) is 0.443. The molecule has 2 aromatic rings. The zero-order chi connectivity index (χ0) is 16.3. The van der Waals surface area contributed by atoms with E-state index in [9.17, 15) is 18.5 Å². The van der Waals surface area contributed by atoms with E-state index in [0.29, 0.717) is 5.69 Å². The van der Waals surface area contributed by atoms with Crippen molar-refractivity contribution in [1.29, 1.82) is 0 Å². The van der Waals surface area contributed by atoms with E-state index >= 15 is 0 Å². The van der Waals surface area contributed by atoms with Gasteiger partial charge in [-0.05, 0) is 40.8 Å². The van der Waals surface area contributed by atoms with E-state index in [0.717, 1.165) is 21.8 Å². The fraction of sp³-hybridized carbons (Fsp3) is 0.0769. The second-order valence-electron chi connectivity index (χ2n) is 4.18. The van der Waals surface area contributed by atoms with Crippen LogP contribution in [0.4, 0.5) is 11.4 Å². The molecule has 2 aromatic carbocycles. The molecule has 0 amide bonds. The lowest BCUT2D eigenvalue weighted by Gasteiger charge is -2.12. The third kappa shape index (κ3) is 3.47. The van der Waals surface area contributed by atoms with E-state index in [2.05, 4.69) is 4.72 Å². The molecule has 9 heteroatoms. The number of para-hydroxylation sites is 1. The van der Waals surface area contributed by atoms with Crippen LogP contribution in [0.5, 0.6) is 5.75 Å². The molecule has 0 bridgehead atoms. The SMILES string of the molecule is COc1cc([N+](=O)[O-])ccc1S(=O)(=O)Nc1ccccc1I. The number of hydrogen-bond acceptors (Lipinski definition) is 5. The van der Waals surface area contributed by atoms with Crippen LogP contribution in [0.15, 0.2) is 47.4 Å². The first-order valence-electron chi connectivity index (χ1n) is 5.95. The molecular weight excluding hydrogens is 423 g/mol. The second-order valence-corrected chi connectivity index (χ2v) is 6.99. The van der Waals surface area contributed by atoms with Gasteiger partial charge in [-0.2, -0.15) is 0 Å². The highest BCUT2D eigenvalue weighted by Gasteiger charge is 2.23. The van der Waals surface area contributed by atoms with Crippen molar-refractivity contribution < 1.29 is 18.1 Å². The van der Waals surface area contributed by atoms with Gasteiger partial charge in [0.15, 0.2) is 0 Å². The maximum absolute atomic E-state index is 12.5. The third-order valence-electron chi connectivity index (χ3n) is 2.77. The van der Waals surface area contributed by atoms with Gasteiger partial charge in [-0.15, -0.1) is 0 Å². The summed E-state index contributed by atoms with van der Waals surface area (Å²) in [5, 5.41) is 10.7. The Hall–Kier alpha value is -1.88. The first kappa shape index (κ1) is 16.5. The molecule has 0 heterocycles. The van der Waals surface area contributed by atoms with Gasteiger partial charge >= 0.3 is 0 Å². The van der Waals surface area contributed by atoms with E-state index in [1.807, 2.05) is 22.6 Å². The summed E-state index contributed by atoms with van der Waals surface area (Å²) in [6.07, 6.45) is 0.